The summed E-state index contributed by atoms with van der Waals surface area (Å²) in [7, 11) is -2.35. The first-order chi connectivity index (χ1) is 17.8. The molecule has 1 aliphatic heterocycles. The van der Waals surface area contributed by atoms with Crippen LogP contribution in [0.15, 0.2) is 53.4 Å². The number of carbonyl (C=O) groups excluding carboxylic acids is 3. The lowest BCUT2D eigenvalue weighted by Crippen LogP contribution is -2.46. The smallest absolute Gasteiger partial charge is 0.325 e. The Kier molecular flexibility index (Phi) is 9.16. The van der Waals surface area contributed by atoms with Crippen molar-refractivity contribution in [3.63, 3.8) is 0 Å². The zero-order chi connectivity index (χ0) is 28.1. The first kappa shape index (κ1) is 29.1. The number of rotatable bonds is 8. The van der Waals surface area contributed by atoms with Gasteiger partial charge >= 0.3 is 5.97 Å². The fourth-order valence-corrected chi connectivity index (χ4v) is 5.54. The van der Waals surface area contributed by atoms with Gasteiger partial charge in [-0.25, -0.2) is 8.42 Å². The quantitative estimate of drug-likeness (QED) is 0.506. The second-order valence-corrected chi connectivity index (χ2v) is 12.0. The molecule has 38 heavy (non-hydrogen) atoms. The van der Waals surface area contributed by atoms with Crippen molar-refractivity contribution in [3.8, 4) is 5.75 Å². The van der Waals surface area contributed by atoms with Gasteiger partial charge in [-0.3, -0.25) is 14.4 Å². The standard InChI is InChI=1S/C27H35N3O7S/c1-19-9-11-22(12-10-19)38(34,35)29-14-13-23(31)30(16-15-29)25(20-7-6-8-21(17-20)36-5)26(33)28-18-24(32)37-27(2,3)4/h6-12,17,25H,13-16,18H2,1-5H3,(H,28,33). The summed E-state index contributed by atoms with van der Waals surface area (Å²) in [6, 6.07) is 12.1. The van der Waals surface area contributed by atoms with E-state index in [9.17, 15) is 22.8 Å². The Morgan fingerprint density at radius 1 is 1.05 bits per heavy atom. The third kappa shape index (κ3) is 7.32. The number of ether oxygens (including phenoxy) is 2. The first-order valence-corrected chi connectivity index (χ1v) is 13.8. The normalized spacial score (nSPS) is 15.9. The number of hydrogen-bond donors (Lipinski definition) is 1. The van der Waals surface area contributed by atoms with Crippen LogP contribution in [0.5, 0.6) is 5.75 Å². The van der Waals surface area contributed by atoms with Crippen molar-refractivity contribution >= 4 is 27.8 Å². The van der Waals surface area contributed by atoms with Gasteiger partial charge in [-0.2, -0.15) is 4.31 Å². The molecule has 2 aromatic rings. The number of aryl methyl sites for hydroxylation is 1. The van der Waals surface area contributed by atoms with Crippen LogP contribution in [-0.2, 0) is 29.1 Å². The summed E-state index contributed by atoms with van der Waals surface area (Å²) in [6.45, 7) is 6.61. The van der Waals surface area contributed by atoms with Gasteiger partial charge in [-0.05, 0) is 57.5 Å². The molecule has 0 radical (unpaired) electrons. The molecule has 1 heterocycles. The number of nitrogens with zero attached hydrogens (tertiary/aromatic N) is 2. The van der Waals surface area contributed by atoms with Gasteiger partial charge in [0.2, 0.25) is 21.8 Å². The lowest BCUT2D eigenvalue weighted by atomic mass is 10.0. The fourth-order valence-electron chi connectivity index (χ4n) is 4.11. The molecule has 0 saturated carbocycles. The van der Waals surface area contributed by atoms with E-state index in [0.29, 0.717) is 11.3 Å². The van der Waals surface area contributed by atoms with Crippen molar-refractivity contribution in [3.05, 3.63) is 59.7 Å². The van der Waals surface area contributed by atoms with Crippen molar-refractivity contribution in [2.45, 2.75) is 50.7 Å². The van der Waals surface area contributed by atoms with Crippen LogP contribution in [0.25, 0.3) is 0 Å². The molecule has 1 unspecified atom stereocenters. The number of carbonyl (C=O) groups is 3. The number of methoxy groups -OCH3 is 1. The highest BCUT2D eigenvalue weighted by atomic mass is 32.2. The van der Waals surface area contributed by atoms with Gasteiger partial charge in [0.1, 0.15) is 23.9 Å². The van der Waals surface area contributed by atoms with E-state index in [-0.39, 0.29) is 43.4 Å². The van der Waals surface area contributed by atoms with Crippen LogP contribution >= 0.6 is 0 Å². The number of sulfonamides is 1. The summed E-state index contributed by atoms with van der Waals surface area (Å²) in [6.07, 6.45) is -0.106. The molecular weight excluding hydrogens is 510 g/mol. The van der Waals surface area contributed by atoms with Crippen molar-refractivity contribution < 1.29 is 32.3 Å². The van der Waals surface area contributed by atoms with Crippen molar-refractivity contribution in [1.29, 1.82) is 0 Å². The molecule has 0 aromatic heterocycles. The summed E-state index contributed by atoms with van der Waals surface area (Å²) >= 11 is 0. The Balaban J connectivity index is 1.87. The van der Waals surface area contributed by atoms with Crippen LogP contribution in [0, 0.1) is 6.92 Å². The molecule has 2 aromatic carbocycles. The summed E-state index contributed by atoms with van der Waals surface area (Å²) in [4.78, 5) is 40.4. The highest BCUT2D eigenvalue weighted by molar-refractivity contribution is 7.89. The largest absolute Gasteiger partial charge is 0.497 e. The van der Waals surface area contributed by atoms with Gasteiger partial charge in [0.15, 0.2) is 0 Å². The maximum Gasteiger partial charge on any atom is 0.325 e. The van der Waals surface area contributed by atoms with E-state index in [0.717, 1.165) is 5.56 Å². The van der Waals surface area contributed by atoms with Gasteiger partial charge in [0.25, 0.3) is 0 Å². The molecule has 1 saturated heterocycles. The van der Waals surface area contributed by atoms with Crippen LogP contribution in [0.1, 0.15) is 44.4 Å². The molecule has 0 spiro atoms. The van der Waals surface area contributed by atoms with Crippen LogP contribution in [0.4, 0.5) is 0 Å². The average Bonchev–Trinajstić information content (AvgIpc) is 3.04. The highest BCUT2D eigenvalue weighted by Gasteiger charge is 2.36. The third-order valence-electron chi connectivity index (χ3n) is 5.94. The van der Waals surface area contributed by atoms with Gasteiger partial charge in [-0.15, -0.1) is 0 Å². The molecule has 206 valence electrons. The Labute approximate surface area is 223 Å². The van der Waals surface area contributed by atoms with E-state index >= 15 is 0 Å². The average molecular weight is 546 g/mol. The Hall–Kier alpha value is -3.44. The van der Waals surface area contributed by atoms with E-state index in [4.69, 9.17) is 9.47 Å². The third-order valence-corrected chi connectivity index (χ3v) is 7.85. The van der Waals surface area contributed by atoms with Gasteiger partial charge in [0.05, 0.1) is 12.0 Å². The highest BCUT2D eigenvalue weighted by Crippen LogP contribution is 2.28. The van der Waals surface area contributed by atoms with E-state index in [1.54, 1.807) is 57.2 Å². The maximum atomic E-state index is 13.4. The lowest BCUT2D eigenvalue weighted by molar-refractivity contribution is -0.155. The second-order valence-electron chi connectivity index (χ2n) is 10.0. The van der Waals surface area contributed by atoms with Gasteiger partial charge in [0, 0.05) is 26.1 Å². The van der Waals surface area contributed by atoms with Crippen LogP contribution < -0.4 is 10.1 Å². The molecule has 1 N–H and O–H groups in total. The number of nitrogens with one attached hydrogen (secondary N) is 1. The number of benzene rings is 2. The van der Waals surface area contributed by atoms with E-state index < -0.39 is 33.5 Å². The molecule has 0 bridgehead atoms. The molecule has 0 aliphatic carbocycles. The first-order valence-electron chi connectivity index (χ1n) is 12.3. The minimum absolute atomic E-state index is 0.00175. The van der Waals surface area contributed by atoms with Gasteiger partial charge < -0.3 is 19.7 Å². The summed E-state index contributed by atoms with van der Waals surface area (Å²) in [5.74, 6) is -1.11. The van der Waals surface area contributed by atoms with Crippen LogP contribution in [0.3, 0.4) is 0 Å². The topological polar surface area (TPSA) is 122 Å². The minimum atomic E-state index is -3.84. The summed E-state index contributed by atoms with van der Waals surface area (Å²) < 4.78 is 38.4. The molecule has 1 aliphatic rings. The molecule has 3 rings (SSSR count). The molecule has 1 fully saturated rings. The van der Waals surface area contributed by atoms with Crippen LogP contribution in [0.2, 0.25) is 0 Å². The number of amides is 2. The molecule has 10 nitrogen and oxygen atoms in total. The van der Waals surface area contributed by atoms with Gasteiger partial charge in [-0.1, -0.05) is 29.8 Å². The molecule has 2 amide bonds. The zero-order valence-electron chi connectivity index (χ0n) is 22.4. The minimum Gasteiger partial charge on any atom is -0.497 e. The predicted molar refractivity (Wildman–Crippen MR) is 141 cm³/mol. The Morgan fingerprint density at radius 3 is 2.37 bits per heavy atom. The SMILES string of the molecule is COc1cccc(C(C(=O)NCC(=O)OC(C)(C)C)N2CCN(S(=O)(=O)c3ccc(C)cc3)CCC2=O)c1. The summed E-state index contributed by atoms with van der Waals surface area (Å²) in [5.41, 5.74) is 0.676. The Morgan fingerprint density at radius 2 is 1.74 bits per heavy atom. The monoisotopic (exact) mass is 545 g/mol. The Bertz CT molecular complexity index is 1270. The summed E-state index contributed by atoms with van der Waals surface area (Å²) in [5, 5.41) is 2.57. The van der Waals surface area contributed by atoms with E-state index in [1.807, 2.05) is 6.92 Å². The van der Waals surface area contributed by atoms with Crippen molar-refractivity contribution in [1.82, 2.24) is 14.5 Å². The van der Waals surface area contributed by atoms with Crippen molar-refractivity contribution in [2.24, 2.45) is 0 Å². The van der Waals surface area contributed by atoms with Crippen molar-refractivity contribution in [2.75, 3.05) is 33.3 Å². The van der Waals surface area contributed by atoms with E-state index in [1.165, 1.54) is 28.4 Å². The lowest BCUT2D eigenvalue weighted by Gasteiger charge is -2.30. The molecular formula is C27H35N3O7S. The number of esters is 1. The predicted octanol–water partition coefficient (Wildman–Crippen LogP) is 2.43. The maximum absolute atomic E-state index is 13.4. The second kappa shape index (κ2) is 12.0. The van der Waals surface area contributed by atoms with E-state index in [2.05, 4.69) is 5.32 Å². The van der Waals surface area contributed by atoms with Crippen LogP contribution in [-0.4, -0.2) is 74.3 Å². The number of hydrogen-bond acceptors (Lipinski definition) is 7. The molecule has 11 heteroatoms. The zero-order valence-corrected chi connectivity index (χ0v) is 23.2. The fraction of sp³-hybridized carbons (Fsp3) is 0.444. The molecule has 1 atom stereocenters.